The summed E-state index contributed by atoms with van der Waals surface area (Å²) in [6.45, 7) is 7.38. The number of rotatable bonds is 2. The lowest BCUT2D eigenvalue weighted by Gasteiger charge is -2.27. The molecule has 0 spiro atoms. The van der Waals surface area contributed by atoms with Gasteiger partial charge in [-0.2, -0.15) is 5.26 Å². The number of benzene rings is 2. The van der Waals surface area contributed by atoms with Gasteiger partial charge in [-0.25, -0.2) is 19.0 Å². The molecule has 0 aliphatic carbocycles. The highest BCUT2D eigenvalue weighted by molar-refractivity contribution is 5.92. The second-order valence-corrected chi connectivity index (χ2v) is 8.49. The highest BCUT2D eigenvalue weighted by Crippen LogP contribution is 2.49. The fraction of sp³-hybridized carbons (Fsp3) is 0.160. The van der Waals surface area contributed by atoms with Crippen LogP contribution >= 0.6 is 0 Å². The van der Waals surface area contributed by atoms with Gasteiger partial charge in [0.1, 0.15) is 11.8 Å². The van der Waals surface area contributed by atoms with Crippen LogP contribution in [0.2, 0.25) is 0 Å². The van der Waals surface area contributed by atoms with Gasteiger partial charge >= 0.3 is 11.7 Å². The standard InChI is InChI=1S/C25H17N7O3/c1-27-15-5-7-16(8-6-15)29-24(34)30-13-17-11-20(30)22-23(33)32(25(35)31(17)22)19-9-4-14(12-26)21-18(19)3-2-10-28-21/h2-10,17,20,33H,11,13H2,(H,29,34). The summed E-state index contributed by atoms with van der Waals surface area (Å²) in [5.74, 6) is -0.226. The fourth-order valence-electron chi connectivity index (χ4n) is 5.15. The van der Waals surface area contributed by atoms with Crippen LogP contribution in [0.5, 0.6) is 5.88 Å². The maximum atomic E-state index is 13.4. The molecule has 1 saturated heterocycles. The highest BCUT2D eigenvalue weighted by Gasteiger charge is 2.49. The summed E-state index contributed by atoms with van der Waals surface area (Å²) in [6.07, 6.45) is 2.11. The smallest absolute Gasteiger partial charge is 0.336 e. The second-order valence-electron chi connectivity index (χ2n) is 8.49. The molecule has 4 aromatic rings. The molecule has 2 aromatic heterocycles. The quantitative estimate of drug-likeness (QED) is 0.438. The van der Waals surface area contributed by atoms with Crippen molar-refractivity contribution in [2.45, 2.75) is 18.5 Å². The Morgan fingerprint density at radius 3 is 2.77 bits per heavy atom. The van der Waals surface area contributed by atoms with Gasteiger partial charge in [-0.1, -0.05) is 12.1 Å². The van der Waals surface area contributed by atoms with E-state index in [-0.39, 0.29) is 18.0 Å². The van der Waals surface area contributed by atoms with Gasteiger partial charge < -0.3 is 15.3 Å². The van der Waals surface area contributed by atoms with Gasteiger partial charge in [0, 0.05) is 23.8 Å². The van der Waals surface area contributed by atoms with Crippen LogP contribution in [0.1, 0.15) is 29.8 Å². The number of carbonyl (C=O) groups is 1. The number of carbonyl (C=O) groups excluding carboxylic acids is 1. The first kappa shape index (κ1) is 20.5. The Morgan fingerprint density at radius 2 is 2.03 bits per heavy atom. The average Bonchev–Trinajstić information content (AvgIpc) is 3.55. The lowest BCUT2D eigenvalue weighted by atomic mass is 10.1. The molecule has 2 N–H and O–H groups in total. The van der Waals surface area contributed by atoms with Gasteiger partial charge in [-0.15, -0.1) is 0 Å². The molecule has 2 aliphatic heterocycles. The molecule has 6 rings (SSSR count). The number of nitrogens with one attached hydrogen (secondary N) is 1. The molecule has 2 atom stereocenters. The number of aromatic nitrogens is 3. The Labute approximate surface area is 198 Å². The Balaban J connectivity index is 1.38. The first-order valence-electron chi connectivity index (χ1n) is 10.9. The first-order chi connectivity index (χ1) is 17.0. The minimum absolute atomic E-state index is 0.226. The Bertz CT molecular complexity index is 1670. The number of nitriles is 1. The number of amides is 2. The average molecular weight is 463 g/mol. The number of urea groups is 1. The summed E-state index contributed by atoms with van der Waals surface area (Å²) < 4.78 is 2.79. The molecule has 170 valence electrons. The molecule has 1 fully saturated rings. The molecule has 0 saturated carbocycles. The largest absolute Gasteiger partial charge is 0.493 e. The molecule has 10 nitrogen and oxygen atoms in total. The lowest BCUT2D eigenvalue weighted by Crippen LogP contribution is -2.40. The number of imidazole rings is 1. The van der Waals surface area contributed by atoms with Crippen molar-refractivity contribution in [3.8, 4) is 17.6 Å². The van der Waals surface area contributed by atoms with Gasteiger partial charge in [0.25, 0.3) is 0 Å². The number of nitrogens with zero attached hydrogens (tertiary/aromatic N) is 6. The molecule has 0 radical (unpaired) electrons. The van der Waals surface area contributed by atoms with Crippen molar-refractivity contribution in [1.29, 1.82) is 5.26 Å². The molecule has 2 amide bonds. The van der Waals surface area contributed by atoms with Crippen molar-refractivity contribution in [2.24, 2.45) is 0 Å². The third-order valence-electron chi connectivity index (χ3n) is 6.67. The van der Waals surface area contributed by atoms with E-state index in [0.717, 1.165) is 0 Å². The monoisotopic (exact) mass is 463 g/mol. The van der Waals surface area contributed by atoms with E-state index in [1.54, 1.807) is 64.2 Å². The second kappa shape index (κ2) is 7.47. The van der Waals surface area contributed by atoms with Crippen LogP contribution in [0.4, 0.5) is 16.2 Å². The fourth-order valence-corrected chi connectivity index (χ4v) is 5.15. The van der Waals surface area contributed by atoms with E-state index < -0.39 is 11.7 Å². The van der Waals surface area contributed by atoms with Crippen molar-refractivity contribution in [1.82, 2.24) is 19.0 Å². The zero-order valence-electron chi connectivity index (χ0n) is 18.2. The maximum Gasteiger partial charge on any atom is 0.336 e. The summed E-state index contributed by atoms with van der Waals surface area (Å²) in [7, 11) is 0. The van der Waals surface area contributed by atoms with Crippen molar-refractivity contribution in [2.75, 3.05) is 11.9 Å². The Kier molecular flexibility index (Phi) is 4.38. The predicted octanol–water partition coefficient (Wildman–Crippen LogP) is 3.85. The Morgan fingerprint density at radius 1 is 1.23 bits per heavy atom. The van der Waals surface area contributed by atoms with Crippen molar-refractivity contribution >= 4 is 28.3 Å². The lowest BCUT2D eigenvalue weighted by molar-refractivity contribution is 0.198. The van der Waals surface area contributed by atoms with E-state index in [9.17, 15) is 20.0 Å². The van der Waals surface area contributed by atoms with Gasteiger partial charge in [0.05, 0.1) is 35.4 Å². The number of pyridine rings is 1. The maximum absolute atomic E-state index is 13.4. The van der Waals surface area contributed by atoms with E-state index in [0.29, 0.717) is 52.2 Å². The van der Waals surface area contributed by atoms with Gasteiger partial charge in [0.15, 0.2) is 5.69 Å². The molecule has 2 aliphatic rings. The van der Waals surface area contributed by atoms with Crippen molar-refractivity contribution < 1.29 is 9.90 Å². The van der Waals surface area contributed by atoms with Crippen LogP contribution in [0.25, 0.3) is 21.4 Å². The van der Waals surface area contributed by atoms with E-state index in [1.165, 1.54) is 4.57 Å². The number of aromatic hydroxyl groups is 1. The molecule has 2 bridgehead atoms. The van der Waals surface area contributed by atoms with E-state index in [1.807, 2.05) is 0 Å². The first-order valence-corrected chi connectivity index (χ1v) is 10.9. The number of hydrogen-bond acceptors (Lipinski definition) is 5. The zero-order valence-corrected chi connectivity index (χ0v) is 18.2. The minimum Gasteiger partial charge on any atom is -0.493 e. The number of likely N-dealkylation sites (tertiary alicyclic amines) is 1. The third kappa shape index (κ3) is 2.90. The number of fused-ring (bicyclic) bond motifs is 6. The van der Waals surface area contributed by atoms with Crippen molar-refractivity contribution in [3.05, 3.63) is 87.9 Å². The van der Waals surface area contributed by atoms with Crippen LogP contribution in [0, 0.1) is 17.9 Å². The van der Waals surface area contributed by atoms with Gasteiger partial charge in [0.2, 0.25) is 5.88 Å². The van der Waals surface area contributed by atoms with Crippen LogP contribution in [0.3, 0.4) is 0 Å². The summed E-state index contributed by atoms with van der Waals surface area (Å²) in [6, 6.07) is 14.3. The molecular formula is C25H17N7O3. The third-order valence-corrected chi connectivity index (χ3v) is 6.67. The molecule has 4 heterocycles. The van der Waals surface area contributed by atoms with Crippen LogP contribution < -0.4 is 11.0 Å². The van der Waals surface area contributed by atoms with Gasteiger partial charge in [-0.05, 0) is 42.8 Å². The van der Waals surface area contributed by atoms with E-state index in [2.05, 4.69) is 21.2 Å². The predicted molar refractivity (Wildman–Crippen MR) is 127 cm³/mol. The SMILES string of the molecule is [C-]#[N+]c1ccc(NC(=O)N2CC3CC2c2c(O)n(-c4ccc(C#N)c5ncccc45)c(=O)n23)cc1. The van der Waals surface area contributed by atoms with Crippen LogP contribution in [0.15, 0.2) is 59.5 Å². The number of anilines is 1. The minimum atomic E-state index is -0.459. The van der Waals surface area contributed by atoms with E-state index in [4.69, 9.17) is 6.57 Å². The van der Waals surface area contributed by atoms with Crippen LogP contribution in [-0.2, 0) is 0 Å². The summed E-state index contributed by atoms with van der Waals surface area (Å²) >= 11 is 0. The summed E-state index contributed by atoms with van der Waals surface area (Å²) in [5.41, 5.74) is 2.27. The summed E-state index contributed by atoms with van der Waals surface area (Å²) in [4.78, 5) is 35.7. The highest BCUT2D eigenvalue weighted by atomic mass is 16.3. The topological polar surface area (TPSA) is 121 Å². The van der Waals surface area contributed by atoms with Crippen molar-refractivity contribution in [3.63, 3.8) is 0 Å². The Hall–Kier alpha value is -5.09. The zero-order chi connectivity index (χ0) is 24.3. The normalized spacial score (nSPS) is 17.7. The van der Waals surface area contributed by atoms with Crippen LogP contribution in [-0.4, -0.2) is 36.7 Å². The molecule has 10 heteroatoms. The number of hydrogen-bond donors (Lipinski definition) is 2. The molecule has 2 unspecified atom stereocenters. The molecular weight excluding hydrogens is 446 g/mol. The van der Waals surface area contributed by atoms with E-state index >= 15 is 0 Å². The molecule has 35 heavy (non-hydrogen) atoms. The molecule has 2 aromatic carbocycles. The van der Waals surface area contributed by atoms with Gasteiger partial charge in [-0.3, -0.25) is 9.55 Å². The summed E-state index contributed by atoms with van der Waals surface area (Å²) in [5, 5.41) is 24.0.